The summed E-state index contributed by atoms with van der Waals surface area (Å²) in [6.07, 6.45) is 3.77. The van der Waals surface area contributed by atoms with Gasteiger partial charge in [0.2, 0.25) is 0 Å². The Morgan fingerprint density at radius 3 is 2.56 bits per heavy atom. The molecule has 0 saturated carbocycles. The number of rotatable bonds is 7. The summed E-state index contributed by atoms with van der Waals surface area (Å²) in [5.41, 5.74) is 6.96. The van der Waals surface area contributed by atoms with E-state index in [1.807, 2.05) is 18.2 Å². The minimum Gasteiger partial charge on any atom is -0.493 e. The van der Waals surface area contributed by atoms with Crippen LogP contribution >= 0.6 is 0 Å². The Hall–Kier alpha value is -1.85. The Morgan fingerprint density at radius 2 is 1.92 bits per heavy atom. The molecule has 2 aromatic rings. The van der Waals surface area contributed by atoms with Gasteiger partial charge in [-0.2, -0.15) is 0 Å². The summed E-state index contributed by atoms with van der Waals surface area (Å²) in [6.45, 7) is 2.53. The minimum atomic E-state index is -2.94. The van der Waals surface area contributed by atoms with E-state index < -0.39 is 9.84 Å². The summed E-state index contributed by atoms with van der Waals surface area (Å²) in [7, 11) is -2.94. The molecule has 0 saturated heterocycles. The quantitative estimate of drug-likeness (QED) is 0.771. The van der Waals surface area contributed by atoms with E-state index in [2.05, 4.69) is 19.1 Å². The highest BCUT2D eigenvalue weighted by molar-refractivity contribution is 7.90. The standard InChI is InChI=1S/C20H24O4S/c1-14-11-19(24-9-4-10-25(2,22)23)17-7-8-18(17)20(14)16-6-3-5-15(12-16)13-21/h3,5-6,11-12,21H,4,7-10,13H2,1-2H3. The number of sulfone groups is 1. The summed E-state index contributed by atoms with van der Waals surface area (Å²) < 4.78 is 28.3. The second-order valence-electron chi connectivity index (χ2n) is 6.71. The van der Waals surface area contributed by atoms with Crippen LogP contribution in [0, 0.1) is 6.92 Å². The molecular formula is C20H24O4S. The zero-order valence-corrected chi connectivity index (χ0v) is 15.5. The smallest absolute Gasteiger partial charge is 0.147 e. The Kier molecular flexibility index (Phi) is 5.16. The number of aliphatic hydroxyl groups excluding tert-OH is 1. The molecule has 0 heterocycles. The highest BCUT2D eigenvalue weighted by Gasteiger charge is 2.24. The van der Waals surface area contributed by atoms with Crippen molar-refractivity contribution in [2.45, 2.75) is 32.8 Å². The SMILES string of the molecule is Cc1cc(OCCCS(C)(=O)=O)c2c(c1-c1cccc(CO)c1)CC2. The van der Waals surface area contributed by atoms with E-state index in [4.69, 9.17) is 4.74 Å². The van der Waals surface area contributed by atoms with Crippen LogP contribution in [0.5, 0.6) is 5.75 Å². The molecular weight excluding hydrogens is 336 g/mol. The molecule has 2 aromatic carbocycles. The van der Waals surface area contributed by atoms with Crippen molar-refractivity contribution >= 4 is 9.84 Å². The van der Waals surface area contributed by atoms with Gasteiger partial charge in [0, 0.05) is 6.26 Å². The van der Waals surface area contributed by atoms with Gasteiger partial charge in [-0.05, 0) is 71.7 Å². The van der Waals surface area contributed by atoms with Gasteiger partial charge in [0.1, 0.15) is 15.6 Å². The molecule has 0 radical (unpaired) electrons. The molecule has 0 aliphatic heterocycles. The Balaban J connectivity index is 1.83. The molecule has 1 N–H and O–H groups in total. The number of benzene rings is 2. The van der Waals surface area contributed by atoms with E-state index in [1.165, 1.54) is 22.9 Å². The monoisotopic (exact) mass is 360 g/mol. The van der Waals surface area contributed by atoms with Crippen LogP contribution in [0.3, 0.4) is 0 Å². The van der Waals surface area contributed by atoms with Crippen LogP contribution in [0.25, 0.3) is 11.1 Å². The number of hydrogen-bond donors (Lipinski definition) is 1. The Labute approximate surface area is 149 Å². The van der Waals surface area contributed by atoms with E-state index in [9.17, 15) is 13.5 Å². The molecule has 0 spiro atoms. The average Bonchev–Trinajstić information content (AvgIpc) is 2.53. The molecule has 1 aliphatic carbocycles. The lowest BCUT2D eigenvalue weighted by Crippen LogP contribution is -2.15. The fraction of sp³-hybridized carbons (Fsp3) is 0.400. The number of fused-ring (bicyclic) bond motifs is 1. The highest BCUT2D eigenvalue weighted by Crippen LogP contribution is 2.42. The maximum Gasteiger partial charge on any atom is 0.147 e. The van der Waals surface area contributed by atoms with Crippen molar-refractivity contribution < 1.29 is 18.3 Å². The molecule has 25 heavy (non-hydrogen) atoms. The van der Waals surface area contributed by atoms with Crippen LogP contribution in [0.15, 0.2) is 30.3 Å². The summed E-state index contributed by atoms with van der Waals surface area (Å²) in [5.74, 6) is 1.04. The summed E-state index contributed by atoms with van der Waals surface area (Å²) in [4.78, 5) is 0. The van der Waals surface area contributed by atoms with Crippen molar-refractivity contribution in [3.05, 3.63) is 52.6 Å². The fourth-order valence-corrected chi connectivity index (χ4v) is 4.02. The van der Waals surface area contributed by atoms with E-state index >= 15 is 0 Å². The predicted molar refractivity (Wildman–Crippen MR) is 99.8 cm³/mol. The van der Waals surface area contributed by atoms with E-state index in [1.54, 1.807) is 0 Å². The molecule has 0 fully saturated rings. The van der Waals surface area contributed by atoms with Crippen LogP contribution in [0.2, 0.25) is 0 Å². The summed E-state index contributed by atoms with van der Waals surface area (Å²) >= 11 is 0. The van der Waals surface area contributed by atoms with Gasteiger partial charge in [0.25, 0.3) is 0 Å². The fourth-order valence-electron chi connectivity index (χ4n) is 3.38. The topological polar surface area (TPSA) is 63.6 Å². The van der Waals surface area contributed by atoms with Crippen LogP contribution in [-0.4, -0.2) is 32.1 Å². The third-order valence-electron chi connectivity index (χ3n) is 4.65. The first-order valence-electron chi connectivity index (χ1n) is 8.55. The van der Waals surface area contributed by atoms with Gasteiger partial charge in [-0.25, -0.2) is 8.42 Å². The van der Waals surface area contributed by atoms with E-state index in [0.29, 0.717) is 13.0 Å². The zero-order chi connectivity index (χ0) is 18.0. The Bertz CT molecular complexity index is 885. The predicted octanol–water partition coefficient (Wildman–Crippen LogP) is 3.07. The molecule has 0 atom stereocenters. The molecule has 0 amide bonds. The second-order valence-corrected chi connectivity index (χ2v) is 8.97. The van der Waals surface area contributed by atoms with E-state index in [0.717, 1.165) is 35.3 Å². The first-order chi connectivity index (χ1) is 11.9. The van der Waals surface area contributed by atoms with Crippen molar-refractivity contribution in [1.82, 2.24) is 0 Å². The molecule has 0 bridgehead atoms. The van der Waals surface area contributed by atoms with Crippen LogP contribution in [-0.2, 0) is 29.3 Å². The molecule has 0 aromatic heterocycles. The van der Waals surface area contributed by atoms with Gasteiger partial charge in [0.05, 0.1) is 19.0 Å². The van der Waals surface area contributed by atoms with Crippen molar-refractivity contribution in [2.24, 2.45) is 0 Å². The molecule has 1 aliphatic rings. The van der Waals surface area contributed by atoms with Crippen LogP contribution < -0.4 is 4.74 Å². The lowest BCUT2D eigenvalue weighted by Gasteiger charge is -2.28. The third kappa shape index (κ3) is 4.05. The number of aliphatic hydroxyl groups is 1. The first-order valence-corrected chi connectivity index (χ1v) is 10.6. The average molecular weight is 360 g/mol. The van der Waals surface area contributed by atoms with Gasteiger partial charge >= 0.3 is 0 Å². The number of hydrogen-bond acceptors (Lipinski definition) is 4. The Morgan fingerprint density at radius 1 is 1.16 bits per heavy atom. The van der Waals surface area contributed by atoms with E-state index in [-0.39, 0.29) is 12.4 Å². The summed E-state index contributed by atoms with van der Waals surface area (Å²) in [5, 5.41) is 9.38. The van der Waals surface area contributed by atoms with Crippen molar-refractivity contribution in [3.8, 4) is 16.9 Å². The van der Waals surface area contributed by atoms with Gasteiger partial charge in [-0.15, -0.1) is 0 Å². The number of ether oxygens (including phenoxy) is 1. The van der Waals surface area contributed by atoms with Crippen molar-refractivity contribution in [3.63, 3.8) is 0 Å². The van der Waals surface area contributed by atoms with Crippen molar-refractivity contribution in [2.75, 3.05) is 18.6 Å². The minimum absolute atomic E-state index is 0.0383. The van der Waals surface area contributed by atoms with Gasteiger partial charge in [-0.1, -0.05) is 18.2 Å². The summed E-state index contributed by atoms with van der Waals surface area (Å²) in [6, 6.07) is 10.1. The number of aryl methyl sites for hydroxylation is 1. The second kappa shape index (κ2) is 7.18. The van der Waals surface area contributed by atoms with Gasteiger partial charge < -0.3 is 9.84 Å². The molecule has 5 heteroatoms. The maximum atomic E-state index is 11.2. The van der Waals surface area contributed by atoms with Crippen LogP contribution in [0.4, 0.5) is 0 Å². The molecule has 134 valence electrons. The lowest BCUT2D eigenvalue weighted by atomic mass is 9.79. The first kappa shape index (κ1) is 18.0. The van der Waals surface area contributed by atoms with Gasteiger partial charge in [0.15, 0.2) is 0 Å². The molecule has 4 nitrogen and oxygen atoms in total. The zero-order valence-electron chi connectivity index (χ0n) is 14.7. The molecule has 0 unspecified atom stereocenters. The molecule has 3 rings (SSSR count). The highest BCUT2D eigenvalue weighted by atomic mass is 32.2. The van der Waals surface area contributed by atoms with Crippen LogP contribution in [0.1, 0.15) is 28.7 Å². The van der Waals surface area contributed by atoms with Crippen molar-refractivity contribution in [1.29, 1.82) is 0 Å². The third-order valence-corrected chi connectivity index (χ3v) is 5.68. The normalized spacial score (nSPS) is 13.2. The van der Waals surface area contributed by atoms with Gasteiger partial charge in [-0.3, -0.25) is 0 Å². The maximum absolute atomic E-state index is 11.2. The largest absolute Gasteiger partial charge is 0.493 e. The lowest BCUT2D eigenvalue weighted by molar-refractivity contribution is 0.282.